The van der Waals surface area contributed by atoms with E-state index in [2.05, 4.69) is 57.2 Å². The van der Waals surface area contributed by atoms with Crippen LogP contribution in [0.15, 0.2) is 36.5 Å². The average molecular weight is 998 g/mol. The summed E-state index contributed by atoms with van der Waals surface area (Å²) >= 11 is 0. The Balaban J connectivity index is 4.20. The molecule has 0 fully saturated rings. The number of esters is 3. The number of hydrogen-bond donors (Lipinski definition) is 0. The van der Waals surface area contributed by atoms with E-state index in [-0.39, 0.29) is 31.1 Å². The lowest BCUT2D eigenvalue weighted by Crippen LogP contribution is -2.30. The summed E-state index contributed by atoms with van der Waals surface area (Å²) in [6.45, 7) is 6.65. The van der Waals surface area contributed by atoms with Crippen molar-refractivity contribution in [2.45, 2.75) is 348 Å². The molecule has 1 atom stereocenters. The van der Waals surface area contributed by atoms with Crippen molar-refractivity contribution in [1.29, 1.82) is 0 Å². The van der Waals surface area contributed by atoms with E-state index in [0.29, 0.717) is 19.3 Å². The van der Waals surface area contributed by atoms with Crippen LogP contribution >= 0.6 is 0 Å². The van der Waals surface area contributed by atoms with Crippen molar-refractivity contribution in [2.75, 3.05) is 13.2 Å². The van der Waals surface area contributed by atoms with Gasteiger partial charge in [-0.1, -0.05) is 282 Å². The highest BCUT2D eigenvalue weighted by atomic mass is 16.6. The summed E-state index contributed by atoms with van der Waals surface area (Å²) in [5.41, 5.74) is 0. The summed E-state index contributed by atoms with van der Waals surface area (Å²) < 4.78 is 16.9. The smallest absolute Gasteiger partial charge is 0.306 e. The predicted octanol–water partition coefficient (Wildman–Crippen LogP) is 21.2. The Morgan fingerprint density at radius 3 is 0.789 bits per heavy atom. The molecule has 0 aromatic carbocycles. The predicted molar refractivity (Wildman–Crippen MR) is 307 cm³/mol. The maximum Gasteiger partial charge on any atom is 0.306 e. The van der Waals surface area contributed by atoms with Crippen molar-refractivity contribution in [3.63, 3.8) is 0 Å². The third-order valence-electron chi connectivity index (χ3n) is 14.1. The molecule has 0 bridgehead atoms. The fraction of sp³-hybridized carbons (Fsp3) is 0.862. The minimum Gasteiger partial charge on any atom is -0.462 e. The lowest BCUT2D eigenvalue weighted by Gasteiger charge is -2.18. The molecule has 1 unspecified atom stereocenters. The van der Waals surface area contributed by atoms with Crippen LogP contribution < -0.4 is 0 Å². The van der Waals surface area contributed by atoms with Gasteiger partial charge in [0.05, 0.1) is 0 Å². The molecule has 0 aliphatic carbocycles. The fourth-order valence-corrected chi connectivity index (χ4v) is 9.35. The highest BCUT2D eigenvalue weighted by Crippen LogP contribution is 2.17. The van der Waals surface area contributed by atoms with Gasteiger partial charge >= 0.3 is 17.9 Å². The Morgan fingerprint density at radius 2 is 0.507 bits per heavy atom. The van der Waals surface area contributed by atoms with E-state index < -0.39 is 6.10 Å². The number of allylic oxidation sites excluding steroid dienone is 6. The van der Waals surface area contributed by atoms with Crippen molar-refractivity contribution < 1.29 is 28.6 Å². The van der Waals surface area contributed by atoms with Gasteiger partial charge in [0.15, 0.2) is 6.10 Å². The van der Waals surface area contributed by atoms with Crippen LogP contribution in [0.3, 0.4) is 0 Å². The zero-order valence-electron chi connectivity index (χ0n) is 47.8. The van der Waals surface area contributed by atoms with Crippen LogP contribution in [0.4, 0.5) is 0 Å². The molecule has 0 heterocycles. The van der Waals surface area contributed by atoms with Crippen molar-refractivity contribution >= 4 is 17.9 Å². The van der Waals surface area contributed by atoms with Crippen molar-refractivity contribution in [1.82, 2.24) is 0 Å². The molecular formula is C65H120O6. The van der Waals surface area contributed by atoms with Crippen LogP contribution in [0, 0.1) is 0 Å². The SMILES string of the molecule is CCCCCCC/C=C\C/C=C\CCCCCCCCCCCC(=O)OC(COC(=O)CCCCCCCCCCC)COC(=O)CCCCCCCCCCCCC/C=C\CCCCCCCCCC. The number of rotatable bonds is 58. The summed E-state index contributed by atoms with van der Waals surface area (Å²) in [4.78, 5) is 38.1. The van der Waals surface area contributed by atoms with Crippen LogP contribution in [0.1, 0.15) is 342 Å². The maximum atomic E-state index is 12.9. The van der Waals surface area contributed by atoms with Crippen molar-refractivity contribution in [2.24, 2.45) is 0 Å². The molecule has 0 rings (SSSR count). The van der Waals surface area contributed by atoms with E-state index >= 15 is 0 Å². The van der Waals surface area contributed by atoms with Gasteiger partial charge in [0.2, 0.25) is 0 Å². The van der Waals surface area contributed by atoms with Crippen molar-refractivity contribution in [3.05, 3.63) is 36.5 Å². The Labute approximate surface area is 442 Å². The molecule has 71 heavy (non-hydrogen) atoms. The van der Waals surface area contributed by atoms with Gasteiger partial charge in [-0.25, -0.2) is 0 Å². The summed E-state index contributed by atoms with van der Waals surface area (Å²) in [6, 6.07) is 0. The molecule has 0 radical (unpaired) electrons. The Bertz CT molecular complexity index is 1190. The number of hydrogen-bond acceptors (Lipinski definition) is 6. The zero-order valence-corrected chi connectivity index (χ0v) is 47.8. The molecule has 0 aromatic heterocycles. The molecule has 0 aromatic rings. The van der Waals surface area contributed by atoms with Gasteiger partial charge in [-0.2, -0.15) is 0 Å². The van der Waals surface area contributed by atoms with Crippen LogP contribution in [0.5, 0.6) is 0 Å². The van der Waals surface area contributed by atoms with Gasteiger partial charge in [0.1, 0.15) is 13.2 Å². The topological polar surface area (TPSA) is 78.9 Å². The molecule has 0 N–H and O–H groups in total. The van der Waals surface area contributed by atoms with E-state index in [0.717, 1.165) is 64.2 Å². The molecule has 416 valence electrons. The minimum atomic E-state index is -0.771. The largest absolute Gasteiger partial charge is 0.462 e. The lowest BCUT2D eigenvalue weighted by atomic mass is 10.0. The van der Waals surface area contributed by atoms with Crippen LogP contribution in [-0.4, -0.2) is 37.2 Å². The molecule has 6 nitrogen and oxygen atoms in total. The van der Waals surface area contributed by atoms with Crippen LogP contribution in [0.25, 0.3) is 0 Å². The summed E-state index contributed by atoms with van der Waals surface area (Å²) in [5.74, 6) is -0.858. The number of unbranched alkanes of at least 4 members (excludes halogenated alkanes) is 41. The second kappa shape index (κ2) is 60.2. The summed E-state index contributed by atoms with van der Waals surface area (Å²) in [5, 5.41) is 0. The van der Waals surface area contributed by atoms with Gasteiger partial charge in [-0.15, -0.1) is 0 Å². The second-order valence-corrected chi connectivity index (χ2v) is 21.3. The lowest BCUT2D eigenvalue weighted by molar-refractivity contribution is -0.167. The van der Waals surface area contributed by atoms with Gasteiger partial charge in [0.25, 0.3) is 0 Å². The first-order valence-electron chi connectivity index (χ1n) is 31.5. The first-order chi connectivity index (χ1) is 35.0. The highest BCUT2D eigenvalue weighted by Gasteiger charge is 2.19. The van der Waals surface area contributed by atoms with Crippen LogP contribution in [0.2, 0.25) is 0 Å². The third-order valence-corrected chi connectivity index (χ3v) is 14.1. The monoisotopic (exact) mass is 997 g/mol. The number of carbonyl (C=O) groups is 3. The fourth-order valence-electron chi connectivity index (χ4n) is 9.35. The second-order valence-electron chi connectivity index (χ2n) is 21.3. The summed E-state index contributed by atoms with van der Waals surface area (Å²) in [6.07, 6.45) is 73.0. The molecule has 0 saturated heterocycles. The minimum absolute atomic E-state index is 0.0704. The van der Waals surface area contributed by atoms with Crippen LogP contribution in [-0.2, 0) is 28.6 Å². The number of carbonyl (C=O) groups excluding carboxylic acids is 3. The van der Waals surface area contributed by atoms with Gasteiger partial charge in [-0.3, -0.25) is 14.4 Å². The van der Waals surface area contributed by atoms with E-state index in [9.17, 15) is 14.4 Å². The zero-order chi connectivity index (χ0) is 51.4. The maximum absolute atomic E-state index is 12.9. The molecule has 0 aliphatic heterocycles. The average Bonchev–Trinajstić information content (AvgIpc) is 3.37. The third kappa shape index (κ3) is 58.4. The number of ether oxygens (including phenoxy) is 3. The first kappa shape index (κ1) is 68.6. The summed E-state index contributed by atoms with van der Waals surface area (Å²) in [7, 11) is 0. The molecular weight excluding hydrogens is 877 g/mol. The van der Waals surface area contributed by atoms with E-state index in [1.165, 1.54) is 238 Å². The Morgan fingerprint density at radius 1 is 0.282 bits per heavy atom. The first-order valence-corrected chi connectivity index (χ1v) is 31.5. The van der Waals surface area contributed by atoms with E-state index in [1.54, 1.807) is 0 Å². The molecule has 6 heteroatoms. The Hall–Kier alpha value is -2.37. The quantitative estimate of drug-likeness (QED) is 0.0261. The van der Waals surface area contributed by atoms with Gasteiger partial charge < -0.3 is 14.2 Å². The standard InChI is InChI=1S/C65H120O6/c1-4-7-10-13-16-19-21-23-25-27-29-31-32-34-35-37-39-41-43-46-49-52-55-58-64(67)70-61-62(60-69-63(66)57-54-51-48-45-18-15-12-9-6-3)71-65(68)59-56-53-50-47-44-42-40-38-36-33-30-28-26-24-22-20-17-14-11-8-5-2/h22,24,27-30,62H,4-21,23,25-26,31-61H2,1-3H3/b24-22-,29-27-,30-28-. The normalized spacial score (nSPS) is 12.2. The Kier molecular flexibility index (Phi) is 58.2. The van der Waals surface area contributed by atoms with Gasteiger partial charge in [-0.05, 0) is 77.0 Å². The van der Waals surface area contributed by atoms with E-state index in [1.807, 2.05) is 0 Å². The van der Waals surface area contributed by atoms with E-state index in [4.69, 9.17) is 14.2 Å². The molecule has 0 amide bonds. The molecule has 0 saturated carbocycles. The van der Waals surface area contributed by atoms with Crippen molar-refractivity contribution in [3.8, 4) is 0 Å². The highest BCUT2D eigenvalue weighted by molar-refractivity contribution is 5.71. The molecule has 0 aliphatic rings. The molecule has 0 spiro atoms. The van der Waals surface area contributed by atoms with Gasteiger partial charge in [0, 0.05) is 19.3 Å².